The molecule has 1 fully saturated rings. The lowest BCUT2D eigenvalue weighted by atomic mass is 9.96. The van der Waals surface area contributed by atoms with Gasteiger partial charge < -0.3 is 9.80 Å². The molecule has 0 bridgehead atoms. The molecule has 18 heavy (non-hydrogen) atoms. The number of hydrogen-bond acceptors (Lipinski definition) is 3. The smallest absolute Gasteiger partial charge is 0.132 e. The van der Waals surface area contributed by atoms with Crippen LogP contribution in [0.5, 0.6) is 0 Å². The number of hydrogen-bond donors (Lipinski definition) is 0. The average Bonchev–Trinajstić information content (AvgIpc) is 2.39. The number of halogens is 1. The molecular formula is C14H22ClN3. The number of rotatable bonds is 4. The molecule has 2 rings (SSSR count). The van der Waals surface area contributed by atoms with Gasteiger partial charge in [-0.05, 0) is 38.9 Å². The summed E-state index contributed by atoms with van der Waals surface area (Å²) in [4.78, 5) is 9.15. The van der Waals surface area contributed by atoms with Gasteiger partial charge in [-0.2, -0.15) is 0 Å². The quantitative estimate of drug-likeness (QED) is 0.782. The third kappa shape index (κ3) is 3.36. The summed E-state index contributed by atoms with van der Waals surface area (Å²) in [5.41, 5.74) is 1.14. The molecule has 0 atom stereocenters. The molecule has 0 aromatic carbocycles. The van der Waals surface area contributed by atoms with Crippen LogP contribution in [0.4, 0.5) is 5.82 Å². The van der Waals surface area contributed by atoms with Gasteiger partial charge in [-0.25, -0.2) is 4.98 Å². The van der Waals surface area contributed by atoms with Crippen molar-refractivity contribution >= 4 is 17.4 Å². The summed E-state index contributed by atoms with van der Waals surface area (Å²) in [6.07, 6.45) is 4.35. The van der Waals surface area contributed by atoms with Crippen LogP contribution in [0.2, 0.25) is 0 Å². The fraction of sp³-hybridized carbons (Fsp3) is 0.643. The molecule has 0 N–H and O–H groups in total. The molecule has 0 aliphatic carbocycles. The van der Waals surface area contributed by atoms with Crippen LogP contribution in [-0.2, 0) is 5.88 Å². The van der Waals surface area contributed by atoms with Crippen molar-refractivity contribution in [3.8, 4) is 0 Å². The second kappa shape index (κ2) is 6.39. The number of anilines is 1. The molecular weight excluding hydrogens is 246 g/mol. The standard InChI is InChI=1S/C14H22ClN3/c1-17(2)11-12-5-8-18(9-6-12)14-13(10-15)4-3-7-16-14/h3-4,7,12H,5-6,8-11H2,1-2H3. The molecule has 0 unspecified atom stereocenters. The molecule has 100 valence electrons. The Hall–Kier alpha value is -0.800. The zero-order chi connectivity index (χ0) is 13.0. The van der Waals surface area contributed by atoms with Gasteiger partial charge in [-0.15, -0.1) is 11.6 Å². The van der Waals surface area contributed by atoms with E-state index in [2.05, 4.69) is 34.9 Å². The predicted molar refractivity (Wildman–Crippen MR) is 77.3 cm³/mol. The highest BCUT2D eigenvalue weighted by Crippen LogP contribution is 2.25. The van der Waals surface area contributed by atoms with Gasteiger partial charge in [-0.1, -0.05) is 6.07 Å². The Kier molecular flexibility index (Phi) is 4.84. The fourth-order valence-corrected chi connectivity index (χ4v) is 2.87. The monoisotopic (exact) mass is 267 g/mol. The molecule has 0 radical (unpaired) electrons. The van der Waals surface area contributed by atoms with Crippen molar-refractivity contribution < 1.29 is 0 Å². The summed E-state index contributed by atoms with van der Waals surface area (Å²) in [6.45, 7) is 3.39. The fourth-order valence-electron chi connectivity index (χ4n) is 2.66. The number of aromatic nitrogens is 1. The minimum atomic E-state index is 0.542. The topological polar surface area (TPSA) is 19.4 Å². The van der Waals surface area contributed by atoms with E-state index in [4.69, 9.17) is 11.6 Å². The summed E-state index contributed by atoms with van der Waals surface area (Å²) in [5.74, 6) is 2.44. The van der Waals surface area contributed by atoms with Crippen LogP contribution in [0, 0.1) is 5.92 Å². The van der Waals surface area contributed by atoms with Crippen molar-refractivity contribution in [2.24, 2.45) is 5.92 Å². The van der Waals surface area contributed by atoms with Gasteiger partial charge in [-0.3, -0.25) is 0 Å². The first-order valence-electron chi connectivity index (χ1n) is 6.60. The Morgan fingerprint density at radius 2 is 2.11 bits per heavy atom. The normalized spacial score (nSPS) is 17.4. The molecule has 1 aromatic heterocycles. The molecule has 2 heterocycles. The molecule has 1 aromatic rings. The maximum Gasteiger partial charge on any atom is 0.132 e. The predicted octanol–water partition coefficient (Wildman–Crippen LogP) is 2.60. The Balaban J connectivity index is 1.97. The molecule has 1 aliphatic heterocycles. The summed E-state index contributed by atoms with van der Waals surface area (Å²) in [6, 6.07) is 4.03. The second-order valence-electron chi connectivity index (χ2n) is 5.31. The number of piperidine rings is 1. The van der Waals surface area contributed by atoms with E-state index in [9.17, 15) is 0 Å². The summed E-state index contributed by atoms with van der Waals surface area (Å²) >= 11 is 5.98. The average molecular weight is 268 g/mol. The first kappa shape index (κ1) is 13.6. The Morgan fingerprint density at radius 1 is 1.39 bits per heavy atom. The van der Waals surface area contributed by atoms with Gasteiger partial charge in [0.25, 0.3) is 0 Å². The molecule has 0 amide bonds. The first-order chi connectivity index (χ1) is 8.70. The van der Waals surface area contributed by atoms with Crippen molar-refractivity contribution in [2.75, 3.05) is 38.6 Å². The lowest BCUT2D eigenvalue weighted by Crippen LogP contribution is -2.37. The van der Waals surface area contributed by atoms with Crippen LogP contribution in [0.25, 0.3) is 0 Å². The molecule has 0 saturated carbocycles. The van der Waals surface area contributed by atoms with Crippen LogP contribution in [0.1, 0.15) is 18.4 Å². The van der Waals surface area contributed by atoms with Gasteiger partial charge >= 0.3 is 0 Å². The molecule has 1 aliphatic rings. The van der Waals surface area contributed by atoms with Gasteiger partial charge in [0.1, 0.15) is 5.82 Å². The van der Waals surface area contributed by atoms with Gasteiger partial charge in [0.15, 0.2) is 0 Å². The Bertz CT molecular complexity index is 373. The van der Waals surface area contributed by atoms with E-state index in [0.717, 1.165) is 30.4 Å². The Morgan fingerprint density at radius 3 is 2.72 bits per heavy atom. The van der Waals surface area contributed by atoms with E-state index in [1.54, 1.807) is 0 Å². The van der Waals surface area contributed by atoms with Crippen LogP contribution in [0.3, 0.4) is 0 Å². The maximum absolute atomic E-state index is 5.98. The highest BCUT2D eigenvalue weighted by Gasteiger charge is 2.21. The van der Waals surface area contributed by atoms with Crippen molar-refractivity contribution in [3.05, 3.63) is 23.9 Å². The van der Waals surface area contributed by atoms with Crippen LogP contribution < -0.4 is 4.90 Å². The minimum absolute atomic E-state index is 0.542. The lowest BCUT2D eigenvalue weighted by molar-refractivity contribution is 0.284. The van der Waals surface area contributed by atoms with Gasteiger partial charge in [0, 0.05) is 31.4 Å². The summed E-state index contributed by atoms with van der Waals surface area (Å²) in [5, 5.41) is 0. The zero-order valence-corrected chi connectivity index (χ0v) is 12.0. The Labute approximate surface area is 115 Å². The second-order valence-corrected chi connectivity index (χ2v) is 5.58. The van der Waals surface area contributed by atoms with Crippen molar-refractivity contribution in [2.45, 2.75) is 18.7 Å². The van der Waals surface area contributed by atoms with Crippen LogP contribution in [-0.4, -0.2) is 43.6 Å². The molecule has 3 nitrogen and oxygen atoms in total. The highest BCUT2D eigenvalue weighted by molar-refractivity contribution is 6.17. The highest BCUT2D eigenvalue weighted by atomic mass is 35.5. The van der Waals surface area contributed by atoms with E-state index in [-0.39, 0.29) is 0 Å². The van der Waals surface area contributed by atoms with Gasteiger partial charge in [0.2, 0.25) is 0 Å². The third-order valence-corrected chi connectivity index (χ3v) is 3.84. The van der Waals surface area contributed by atoms with E-state index < -0.39 is 0 Å². The molecule has 1 saturated heterocycles. The summed E-state index contributed by atoms with van der Waals surface area (Å²) in [7, 11) is 4.30. The number of nitrogens with zero attached hydrogens (tertiary/aromatic N) is 3. The molecule has 0 spiro atoms. The van der Waals surface area contributed by atoms with Crippen molar-refractivity contribution in [1.29, 1.82) is 0 Å². The van der Waals surface area contributed by atoms with Crippen LogP contribution >= 0.6 is 11.6 Å². The van der Waals surface area contributed by atoms with E-state index >= 15 is 0 Å². The van der Waals surface area contributed by atoms with Crippen molar-refractivity contribution in [3.63, 3.8) is 0 Å². The third-order valence-electron chi connectivity index (χ3n) is 3.55. The molecule has 4 heteroatoms. The largest absolute Gasteiger partial charge is 0.356 e. The zero-order valence-electron chi connectivity index (χ0n) is 11.3. The SMILES string of the molecule is CN(C)CC1CCN(c2ncccc2CCl)CC1. The maximum atomic E-state index is 5.98. The van der Waals surface area contributed by atoms with E-state index in [1.165, 1.54) is 19.4 Å². The summed E-state index contributed by atoms with van der Waals surface area (Å²) < 4.78 is 0. The van der Waals surface area contributed by atoms with E-state index in [0.29, 0.717) is 5.88 Å². The number of alkyl halides is 1. The lowest BCUT2D eigenvalue weighted by Gasteiger charge is -2.34. The minimum Gasteiger partial charge on any atom is -0.356 e. The van der Waals surface area contributed by atoms with Crippen LogP contribution in [0.15, 0.2) is 18.3 Å². The number of pyridine rings is 1. The van der Waals surface area contributed by atoms with E-state index in [1.807, 2.05) is 12.3 Å². The van der Waals surface area contributed by atoms with Gasteiger partial charge in [0.05, 0.1) is 5.88 Å². The first-order valence-corrected chi connectivity index (χ1v) is 7.13. The van der Waals surface area contributed by atoms with Crippen molar-refractivity contribution in [1.82, 2.24) is 9.88 Å².